The van der Waals surface area contributed by atoms with Crippen LogP contribution in [0.2, 0.25) is 0 Å². The van der Waals surface area contributed by atoms with Crippen LogP contribution in [-0.2, 0) is 11.3 Å². The van der Waals surface area contributed by atoms with Crippen LogP contribution in [0.25, 0.3) is 0 Å². The van der Waals surface area contributed by atoms with Gasteiger partial charge >= 0.3 is 0 Å². The molecule has 2 aliphatic heterocycles. The minimum atomic E-state index is 0.253. The van der Waals surface area contributed by atoms with E-state index in [0.29, 0.717) is 18.9 Å². The fraction of sp³-hybridized carbons (Fsp3) is 0.600. The number of carbonyl (C=O) groups excluding carboxylic acids is 1. The van der Waals surface area contributed by atoms with E-state index in [9.17, 15) is 4.79 Å². The number of piperidine rings is 2. The molecule has 0 N–H and O–H groups in total. The van der Waals surface area contributed by atoms with Crippen LogP contribution in [0.5, 0.6) is 0 Å². The van der Waals surface area contributed by atoms with Gasteiger partial charge in [0.2, 0.25) is 11.0 Å². The minimum Gasteiger partial charge on any atom is -0.347 e. The Kier molecular flexibility index (Phi) is 5.12. The fourth-order valence-corrected chi connectivity index (χ4v) is 5.02. The van der Waals surface area contributed by atoms with Crippen molar-refractivity contribution < 1.29 is 4.79 Å². The predicted molar refractivity (Wildman–Crippen MR) is 107 cm³/mol. The predicted octanol–water partition coefficient (Wildman–Crippen LogP) is 3.47. The average molecular weight is 386 g/mol. The molecule has 0 radical (unpaired) electrons. The summed E-state index contributed by atoms with van der Waals surface area (Å²) >= 11 is 1.72. The zero-order valence-electron chi connectivity index (χ0n) is 16.1. The molecule has 4 heterocycles. The first-order valence-electron chi connectivity index (χ1n) is 9.80. The Morgan fingerprint density at radius 1 is 1.15 bits per heavy atom. The third-order valence-electron chi connectivity index (χ3n) is 5.89. The highest BCUT2D eigenvalue weighted by Gasteiger charge is 2.41. The van der Waals surface area contributed by atoms with Crippen molar-refractivity contribution >= 4 is 22.4 Å². The van der Waals surface area contributed by atoms with E-state index in [1.54, 1.807) is 23.7 Å². The Hall–Kier alpha value is -2.02. The molecule has 0 bridgehead atoms. The van der Waals surface area contributed by atoms with Crippen molar-refractivity contribution in [3.05, 3.63) is 35.1 Å². The Morgan fingerprint density at radius 3 is 2.56 bits per heavy atom. The van der Waals surface area contributed by atoms with E-state index in [2.05, 4.69) is 38.8 Å². The molecule has 144 valence electrons. The summed E-state index contributed by atoms with van der Waals surface area (Å²) in [6.07, 6.45) is 7.51. The van der Waals surface area contributed by atoms with Gasteiger partial charge in [0, 0.05) is 50.9 Å². The van der Waals surface area contributed by atoms with Gasteiger partial charge in [-0.1, -0.05) is 25.2 Å². The lowest BCUT2D eigenvalue weighted by Crippen LogP contribution is -2.51. The second-order valence-corrected chi connectivity index (χ2v) is 9.16. The van der Waals surface area contributed by atoms with E-state index in [0.717, 1.165) is 54.6 Å². The summed E-state index contributed by atoms with van der Waals surface area (Å²) in [5.74, 6) is 0.712. The van der Waals surface area contributed by atoms with Crippen LogP contribution < -0.4 is 4.90 Å². The lowest BCUT2D eigenvalue weighted by Gasteiger charge is -2.47. The largest absolute Gasteiger partial charge is 0.347 e. The molecular formula is C20H27N5OS. The summed E-state index contributed by atoms with van der Waals surface area (Å²) in [7, 11) is 0. The van der Waals surface area contributed by atoms with Gasteiger partial charge in [-0.15, -0.1) is 10.2 Å². The van der Waals surface area contributed by atoms with E-state index < -0.39 is 0 Å². The number of aromatic nitrogens is 3. The number of rotatable bonds is 4. The molecule has 2 aliphatic rings. The van der Waals surface area contributed by atoms with Gasteiger partial charge in [0.25, 0.3) is 0 Å². The average Bonchev–Trinajstić information content (AvgIpc) is 3.17. The fourth-order valence-electron chi connectivity index (χ4n) is 4.12. The third-order valence-corrected chi connectivity index (χ3v) is 7.17. The number of nitrogens with zero attached hydrogens (tertiary/aromatic N) is 5. The molecule has 0 aliphatic carbocycles. The van der Waals surface area contributed by atoms with Gasteiger partial charge in [0.1, 0.15) is 5.01 Å². The lowest BCUT2D eigenvalue weighted by molar-refractivity contribution is -0.139. The Labute approximate surface area is 164 Å². The van der Waals surface area contributed by atoms with E-state index in [4.69, 9.17) is 0 Å². The number of pyridine rings is 1. The van der Waals surface area contributed by atoms with Gasteiger partial charge in [-0.05, 0) is 42.4 Å². The van der Waals surface area contributed by atoms with Gasteiger partial charge < -0.3 is 9.80 Å². The first kappa shape index (κ1) is 18.3. The van der Waals surface area contributed by atoms with E-state index in [1.165, 1.54) is 0 Å². The van der Waals surface area contributed by atoms with Crippen molar-refractivity contribution in [1.29, 1.82) is 0 Å². The molecule has 2 aromatic rings. The summed E-state index contributed by atoms with van der Waals surface area (Å²) in [5, 5.41) is 10.9. The SMILES string of the molecule is CC(C)c1nnc(N2CCC3(CCC(=O)N(Cc4ccncc4)C3)CC2)s1. The molecule has 2 fully saturated rings. The second kappa shape index (κ2) is 7.54. The number of anilines is 1. The van der Waals surface area contributed by atoms with Crippen molar-refractivity contribution in [1.82, 2.24) is 20.1 Å². The molecule has 2 saturated heterocycles. The van der Waals surface area contributed by atoms with Crippen LogP contribution in [0.3, 0.4) is 0 Å². The maximum atomic E-state index is 12.5. The van der Waals surface area contributed by atoms with Crippen molar-refractivity contribution in [2.45, 2.75) is 52.0 Å². The number of likely N-dealkylation sites (tertiary alicyclic amines) is 1. The van der Waals surface area contributed by atoms with Gasteiger partial charge in [-0.25, -0.2) is 0 Å². The van der Waals surface area contributed by atoms with Crippen molar-refractivity contribution in [2.24, 2.45) is 5.41 Å². The van der Waals surface area contributed by atoms with E-state index in [-0.39, 0.29) is 11.3 Å². The van der Waals surface area contributed by atoms with Crippen LogP contribution >= 0.6 is 11.3 Å². The lowest BCUT2D eigenvalue weighted by atomic mass is 9.72. The molecular weight excluding hydrogens is 358 g/mol. The highest BCUT2D eigenvalue weighted by Crippen LogP contribution is 2.42. The molecule has 2 aromatic heterocycles. The summed E-state index contributed by atoms with van der Waals surface area (Å²) in [6, 6.07) is 4.00. The van der Waals surface area contributed by atoms with Crippen LogP contribution in [0.4, 0.5) is 5.13 Å². The molecule has 7 heteroatoms. The molecule has 0 aromatic carbocycles. The number of carbonyl (C=O) groups is 1. The smallest absolute Gasteiger partial charge is 0.222 e. The van der Waals surface area contributed by atoms with Gasteiger partial charge in [-0.3, -0.25) is 9.78 Å². The maximum absolute atomic E-state index is 12.5. The number of hydrogen-bond acceptors (Lipinski definition) is 6. The molecule has 6 nitrogen and oxygen atoms in total. The summed E-state index contributed by atoms with van der Waals surface area (Å²) in [4.78, 5) is 21.0. The molecule has 27 heavy (non-hydrogen) atoms. The maximum Gasteiger partial charge on any atom is 0.222 e. The van der Waals surface area contributed by atoms with E-state index in [1.807, 2.05) is 12.1 Å². The first-order chi connectivity index (χ1) is 13.0. The third kappa shape index (κ3) is 3.98. The first-order valence-corrected chi connectivity index (χ1v) is 10.6. The monoisotopic (exact) mass is 385 g/mol. The van der Waals surface area contributed by atoms with Crippen LogP contribution in [0.15, 0.2) is 24.5 Å². The topological polar surface area (TPSA) is 62.2 Å². The highest BCUT2D eigenvalue weighted by molar-refractivity contribution is 7.15. The van der Waals surface area contributed by atoms with Crippen LogP contribution in [0, 0.1) is 5.41 Å². The van der Waals surface area contributed by atoms with Crippen molar-refractivity contribution in [2.75, 3.05) is 24.5 Å². The summed E-state index contributed by atoms with van der Waals surface area (Å²) in [6.45, 7) is 7.89. The molecule has 1 spiro atoms. The Bertz CT molecular complexity index is 783. The van der Waals surface area contributed by atoms with Crippen molar-refractivity contribution in [3.8, 4) is 0 Å². The zero-order valence-corrected chi connectivity index (χ0v) is 16.9. The normalized spacial score (nSPS) is 19.9. The second-order valence-electron chi connectivity index (χ2n) is 8.17. The zero-order chi connectivity index (χ0) is 18.9. The van der Waals surface area contributed by atoms with Crippen molar-refractivity contribution in [3.63, 3.8) is 0 Å². The van der Waals surface area contributed by atoms with Gasteiger partial charge in [0.05, 0.1) is 0 Å². The van der Waals surface area contributed by atoms with Crippen LogP contribution in [-0.4, -0.2) is 45.6 Å². The molecule has 0 saturated carbocycles. The summed E-state index contributed by atoms with van der Waals surface area (Å²) in [5.41, 5.74) is 1.41. The van der Waals surface area contributed by atoms with Gasteiger partial charge in [-0.2, -0.15) is 0 Å². The van der Waals surface area contributed by atoms with E-state index >= 15 is 0 Å². The highest BCUT2D eigenvalue weighted by atomic mass is 32.1. The molecule has 0 atom stereocenters. The Morgan fingerprint density at radius 2 is 1.89 bits per heavy atom. The molecule has 0 unspecified atom stereocenters. The minimum absolute atomic E-state index is 0.253. The Balaban J connectivity index is 1.40. The molecule has 4 rings (SSSR count). The molecule has 1 amide bonds. The van der Waals surface area contributed by atoms with Gasteiger partial charge in [0.15, 0.2) is 0 Å². The number of amides is 1. The number of hydrogen-bond donors (Lipinski definition) is 0. The summed E-state index contributed by atoms with van der Waals surface area (Å²) < 4.78 is 0. The quantitative estimate of drug-likeness (QED) is 0.806. The van der Waals surface area contributed by atoms with Crippen LogP contribution in [0.1, 0.15) is 56.0 Å². The standard InChI is InChI=1S/C20H27N5OS/c1-15(2)18-22-23-19(27-18)24-11-7-20(8-12-24)6-3-17(26)25(14-20)13-16-4-9-21-10-5-16/h4-5,9-10,15H,3,6-8,11-14H2,1-2H3.